The maximum atomic E-state index is 5.77. The zero-order chi connectivity index (χ0) is 9.97. The van der Waals surface area contributed by atoms with Crippen LogP contribution in [0.25, 0.3) is 10.8 Å². The Hall–Kier alpha value is -1.25. The fourth-order valence-corrected chi connectivity index (χ4v) is 1.61. The molecule has 2 N–H and O–H groups in total. The van der Waals surface area contributed by atoms with Crippen molar-refractivity contribution in [2.45, 2.75) is 6.04 Å². The maximum Gasteiger partial charge on any atom is 0.0666 e. The Morgan fingerprint density at radius 2 is 1.79 bits per heavy atom. The summed E-state index contributed by atoms with van der Waals surface area (Å²) in [5.74, 6) is 0. The molecule has 0 aliphatic carbocycles. The summed E-state index contributed by atoms with van der Waals surface area (Å²) >= 11 is 4.70. The first-order valence-corrected chi connectivity index (χ1v) is 4.84. The molecule has 0 saturated heterocycles. The minimum atomic E-state index is -0.269. The molecular formula is C12H10NS. The average Bonchev–Trinajstić information content (AvgIpc) is 2.27. The molecule has 0 spiro atoms. The minimum Gasteiger partial charge on any atom is -0.320 e. The van der Waals surface area contributed by atoms with E-state index in [1.807, 2.05) is 18.2 Å². The van der Waals surface area contributed by atoms with Crippen molar-refractivity contribution in [1.29, 1.82) is 0 Å². The number of hydrogen-bond acceptors (Lipinski definition) is 2. The van der Waals surface area contributed by atoms with Gasteiger partial charge in [-0.05, 0) is 22.4 Å². The zero-order valence-electron chi connectivity index (χ0n) is 7.60. The molecule has 2 heteroatoms. The second kappa shape index (κ2) is 3.86. The molecule has 0 fully saturated rings. The van der Waals surface area contributed by atoms with Gasteiger partial charge in [0.15, 0.2) is 0 Å². The molecule has 1 radical (unpaired) electrons. The Labute approximate surface area is 88.5 Å². The van der Waals surface area contributed by atoms with E-state index in [1.54, 1.807) is 0 Å². The summed E-state index contributed by atoms with van der Waals surface area (Å²) in [5, 5.41) is 5.01. The molecule has 0 heterocycles. The van der Waals surface area contributed by atoms with Crippen LogP contribution < -0.4 is 5.73 Å². The summed E-state index contributed by atoms with van der Waals surface area (Å²) in [4.78, 5) is 0. The van der Waals surface area contributed by atoms with Crippen molar-refractivity contribution < 1.29 is 0 Å². The van der Waals surface area contributed by atoms with Crippen molar-refractivity contribution in [2.24, 2.45) is 5.73 Å². The van der Waals surface area contributed by atoms with Crippen LogP contribution in [0.1, 0.15) is 11.6 Å². The second-order valence-electron chi connectivity index (χ2n) is 3.20. The predicted octanol–water partition coefficient (Wildman–Crippen LogP) is 2.72. The van der Waals surface area contributed by atoms with Gasteiger partial charge >= 0.3 is 0 Å². The highest BCUT2D eigenvalue weighted by atomic mass is 32.1. The predicted molar refractivity (Wildman–Crippen MR) is 63.5 cm³/mol. The lowest BCUT2D eigenvalue weighted by Gasteiger charge is -2.06. The third-order valence-corrected chi connectivity index (χ3v) is 2.51. The Morgan fingerprint density at radius 1 is 1.07 bits per heavy atom. The van der Waals surface area contributed by atoms with Crippen LogP contribution in [0, 0.1) is 0 Å². The van der Waals surface area contributed by atoms with E-state index in [0.717, 1.165) is 5.56 Å². The molecule has 1 nitrogen and oxygen atoms in total. The quantitative estimate of drug-likeness (QED) is 0.754. The monoisotopic (exact) mass is 200 g/mol. The van der Waals surface area contributed by atoms with Crippen molar-refractivity contribution in [2.75, 3.05) is 0 Å². The molecule has 2 aromatic rings. The molecule has 2 rings (SSSR count). The maximum absolute atomic E-state index is 5.77. The fourth-order valence-electron chi connectivity index (χ4n) is 1.47. The van der Waals surface area contributed by atoms with Crippen LogP contribution in [0.2, 0.25) is 0 Å². The highest BCUT2D eigenvalue weighted by Crippen LogP contribution is 2.18. The summed E-state index contributed by atoms with van der Waals surface area (Å²) in [6.07, 6.45) is 0. The molecule has 0 amide bonds. The van der Waals surface area contributed by atoms with E-state index in [0.29, 0.717) is 0 Å². The minimum absolute atomic E-state index is 0.269. The summed E-state index contributed by atoms with van der Waals surface area (Å²) in [7, 11) is 0. The van der Waals surface area contributed by atoms with Gasteiger partial charge in [-0.15, -0.1) is 0 Å². The van der Waals surface area contributed by atoms with Crippen molar-refractivity contribution in [3.8, 4) is 0 Å². The van der Waals surface area contributed by atoms with Gasteiger partial charge in [0.2, 0.25) is 0 Å². The Morgan fingerprint density at radius 3 is 2.50 bits per heavy atom. The normalized spacial score (nSPS) is 12.6. The van der Waals surface area contributed by atoms with Crippen molar-refractivity contribution in [1.82, 2.24) is 0 Å². The van der Waals surface area contributed by atoms with Crippen LogP contribution >= 0.6 is 12.2 Å². The van der Waals surface area contributed by atoms with E-state index in [4.69, 9.17) is 18.0 Å². The number of fused-ring (bicyclic) bond motifs is 1. The lowest BCUT2D eigenvalue weighted by molar-refractivity contribution is 0.999. The number of nitrogens with two attached hydrogens (primary N) is 1. The van der Waals surface area contributed by atoms with E-state index in [1.165, 1.54) is 10.8 Å². The number of rotatable bonds is 2. The highest BCUT2D eigenvalue weighted by Gasteiger charge is 2.02. The van der Waals surface area contributed by atoms with Gasteiger partial charge in [-0.2, -0.15) is 0 Å². The topological polar surface area (TPSA) is 26.0 Å². The lowest BCUT2D eigenvalue weighted by Crippen LogP contribution is -2.09. The van der Waals surface area contributed by atoms with Gasteiger partial charge < -0.3 is 5.73 Å². The Kier molecular flexibility index (Phi) is 2.57. The van der Waals surface area contributed by atoms with Crippen LogP contribution in [-0.4, -0.2) is 5.37 Å². The van der Waals surface area contributed by atoms with E-state index in [-0.39, 0.29) is 6.04 Å². The van der Waals surface area contributed by atoms with Crippen molar-refractivity contribution in [3.05, 3.63) is 48.0 Å². The SMILES string of the molecule is NC([C]=S)c1ccc2ccccc2c1. The van der Waals surface area contributed by atoms with Crippen molar-refractivity contribution >= 4 is 28.4 Å². The fraction of sp³-hybridized carbons (Fsp3) is 0.0833. The van der Waals surface area contributed by atoms with E-state index in [2.05, 4.69) is 29.6 Å². The zero-order valence-corrected chi connectivity index (χ0v) is 8.42. The second-order valence-corrected chi connectivity index (χ2v) is 3.44. The molecule has 0 aromatic heterocycles. The molecule has 0 aliphatic rings. The third kappa shape index (κ3) is 1.67. The molecule has 0 bridgehead atoms. The van der Waals surface area contributed by atoms with Crippen LogP contribution in [0.4, 0.5) is 0 Å². The summed E-state index contributed by atoms with van der Waals surface area (Å²) in [6.45, 7) is 0. The van der Waals surface area contributed by atoms with E-state index >= 15 is 0 Å². The molecule has 1 unspecified atom stereocenters. The van der Waals surface area contributed by atoms with Gasteiger partial charge in [-0.1, -0.05) is 48.6 Å². The summed E-state index contributed by atoms with van der Waals surface area (Å²) in [6, 6.07) is 14.0. The molecule has 69 valence electrons. The molecule has 0 saturated carbocycles. The molecule has 14 heavy (non-hydrogen) atoms. The molecule has 2 aromatic carbocycles. The molecular weight excluding hydrogens is 190 g/mol. The number of hydrogen-bond donors (Lipinski definition) is 1. The highest BCUT2D eigenvalue weighted by molar-refractivity contribution is 7.79. The van der Waals surface area contributed by atoms with Crippen LogP contribution in [0.5, 0.6) is 0 Å². The first-order chi connectivity index (χ1) is 6.81. The van der Waals surface area contributed by atoms with Gasteiger partial charge in [0.05, 0.1) is 11.4 Å². The molecule has 0 aliphatic heterocycles. The van der Waals surface area contributed by atoms with E-state index < -0.39 is 0 Å². The van der Waals surface area contributed by atoms with Gasteiger partial charge in [-0.25, -0.2) is 0 Å². The summed E-state index contributed by atoms with van der Waals surface area (Å²) in [5.41, 5.74) is 6.78. The largest absolute Gasteiger partial charge is 0.320 e. The van der Waals surface area contributed by atoms with Crippen LogP contribution in [0.15, 0.2) is 42.5 Å². The molecule has 1 atom stereocenters. The number of thiocarbonyl (C=S) groups is 1. The van der Waals surface area contributed by atoms with Gasteiger partial charge in [0.1, 0.15) is 0 Å². The average molecular weight is 200 g/mol. The Balaban J connectivity index is 2.56. The van der Waals surface area contributed by atoms with Gasteiger partial charge in [-0.3, -0.25) is 0 Å². The van der Waals surface area contributed by atoms with Crippen LogP contribution in [0.3, 0.4) is 0 Å². The van der Waals surface area contributed by atoms with E-state index in [9.17, 15) is 0 Å². The lowest BCUT2D eigenvalue weighted by atomic mass is 10.0. The first kappa shape index (κ1) is 9.31. The summed E-state index contributed by atoms with van der Waals surface area (Å²) < 4.78 is 0. The van der Waals surface area contributed by atoms with Gasteiger partial charge in [0.25, 0.3) is 0 Å². The number of benzene rings is 2. The first-order valence-electron chi connectivity index (χ1n) is 4.43. The smallest absolute Gasteiger partial charge is 0.0666 e. The Bertz CT molecular complexity index is 465. The standard InChI is InChI=1S/C12H10NS/c13-12(8-14)11-6-5-9-3-1-2-4-10(9)7-11/h1-7,12H,13H2. The van der Waals surface area contributed by atoms with Crippen LogP contribution in [-0.2, 0) is 0 Å². The van der Waals surface area contributed by atoms with Crippen molar-refractivity contribution in [3.63, 3.8) is 0 Å². The van der Waals surface area contributed by atoms with Gasteiger partial charge in [0, 0.05) is 0 Å². The third-order valence-electron chi connectivity index (χ3n) is 2.26.